The summed E-state index contributed by atoms with van der Waals surface area (Å²) in [6.45, 7) is 24.8. The Morgan fingerprint density at radius 2 is 0.900 bits per heavy atom. The van der Waals surface area contributed by atoms with Gasteiger partial charge in [0.2, 0.25) is 0 Å². The fourth-order valence-electron chi connectivity index (χ4n) is 9.02. The number of fused-ring (bicyclic) bond motifs is 2. The number of benzene rings is 4. The van der Waals surface area contributed by atoms with Crippen molar-refractivity contribution in [3.63, 3.8) is 0 Å². The van der Waals surface area contributed by atoms with Crippen molar-refractivity contribution in [1.82, 2.24) is 0 Å². The quantitative estimate of drug-likeness (QED) is 0.119. The van der Waals surface area contributed by atoms with Gasteiger partial charge >= 0.3 is 316 Å². The van der Waals surface area contributed by atoms with E-state index < -0.39 is 26.8 Å². The number of hydrogen-bond donors (Lipinski definition) is 0. The van der Waals surface area contributed by atoms with Crippen LogP contribution in [0.4, 0.5) is 0 Å². The third kappa shape index (κ3) is 7.23. The molecule has 0 aromatic heterocycles. The fourth-order valence-corrected chi connectivity index (χ4v) is 32.1. The molecule has 261 valence electrons. The van der Waals surface area contributed by atoms with E-state index in [1.807, 2.05) is 0 Å². The van der Waals surface area contributed by atoms with Gasteiger partial charge in [-0.1, -0.05) is 0 Å². The van der Waals surface area contributed by atoms with E-state index in [-0.39, 0.29) is 0 Å². The molecule has 4 aromatic carbocycles. The van der Waals surface area contributed by atoms with E-state index in [1.54, 1.807) is 33.4 Å². The molecule has 50 heavy (non-hydrogen) atoms. The SMILES string of the molecule is CCC(C)C1=Cc2c(-c3ccccc3CC(C)C)cccc2[CH]1[Zr]([CH]1C(C(C)CC)=Cc2c(-c3ccccc3CC(C)C)cccc21)[SiH](C)C. The van der Waals surface area contributed by atoms with Gasteiger partial charge in [0.15, 0.2) is 0 Å². The van der Waals surface area contributed by atoms with E-state index in [4.69, 9.17) is 0 Å². The standard InChI is InChI=1S/2C23H27.C2H7Si.Zr/c2*1-5-17(4)20-14-19-10-8-12-22(23(19)15-20)21-11-7-6-9-18(21)13-16(2)3;1-3-2;/h2*6-12,14-17H,5,13H2,1-4H3;3H,1-2H3;. The molecular formula is C48H61SiZr. The molecule has 0 saturated carbocycles. The van der Waals surface area contributed by atoms with E-state index in [2.05, 4.69) is 166 Å². The van der Waals surface area contributed by atoms with Crippen molar-refractivity contribution in [2.24, 2.45) is 23.7 Å². The van der Waals surface area contributed by atoms with Gasteiger partial charge in [0.1, 0.15) is 0 Å². The van der Waals surface area contributed by atoms with Crippen molar-refractivity contribution in [1.29, 1.82) is 0 Å². The monoisotopic (exact) mass is 755 g/mol. The first-order chi connectivity index (χ1) is 24.0. The first-order valence-corrected chi connectivity index (χ1v) is 29.8. The van der Waals surface area contributed by atoms with Gasteiger partial charge in [-0.3, -0.25) is 0 Å². The van der Waals surface area contributed by atoms with Crippen molar-refractivity contribution in [2.45, 2.75) is 101 Å². The average Bonchev–Trinajstić information content (AvgIpc) is 3.67. The molecule has 6 rings (SSSR count). The molecule has 0 aliphatic heterocycles. The van der Waals surface area contributed by atoms with Crippen LogP contribution in [0.5, 0.6) is 0 Å². The zero-order valence-electron chi connectivity index (χ0n) is 32.6. The van der Waals surface area contributed by atoms with Crippen LogP contribution in [0.25, 0.3) is 34.4 Å². The average molecular weight is 757 g/mol. The Labute approximate surface area is 313 Å². The second-order valence-corrected chi connectivity index (χ2v) is 36.6. The Morgan fingerprint density at radius 1 is 0.520 bits per heavy atom. The molecule has 4 aromatic rings. The molecule has 0 amide bonds. The Kier molecular flexibility index (Phi) is 11.9. The third-order valence-electron chi connectivity index (χ3n) is 11.8. The molecule has 0 heterocycles. The van der Waals surface area contributed by atoms with Gasteiger partial charge in [-0.15, -0.1) is 0 Å². The van der Waals surface area contributed by atoms with Crippen LogP contribution in [-0.4, -0.2) is 5.92 Å². The maximum absolute atomic E-state index is 2.73. The minimum atomic E-state index is -2.29. The molecule has 0 nitrogen and oxygen atoms in total. The minimum absolute atomic E-state index is 0.598. The normalized spacial score (nSPS) is 17.9. The van der Waals surface area contributed by atoms with E-state index in [0.717, 1.165) is 12.8 Å². The summed E-state index contributed by atoms with van der Waals surface area (Å²) >= 11 is -2.29. The molecule has 0 bridgehead atoms. The fraction of sp³-hybridized carbons (Fsp3) is 0.417. The number of rotatable bonds is 13. The molecule has 2 aliphatic carbocycles. The van der Waals surface area contributed by atoms with E-state index in [9.17, 15) is 0 Å². The van der Waals surface area contributed by atoms with Crippen LogP contribution in [0.15, 0.2) is 96.1 Å². The van der Waals surface area contributed by atoms with Gasteiger partial charge in [0.25, 0.3) is 0 Å². The topological polar surface area (TPSA) is 0 Å². The summed E-state index contributed by atoms with van der Waals surface area (Å²) in [4.78, 5) is 0. The summed E-state index contributed by atoms with van der Waals surface area (Å²) in [7, 11) is 0. The predicted octanol–water partition coefficient (Wildman–Crippen LogP) is 13.7. The van der Waals surface area contributed by atoms with Crippen LogP contribution in [0, 0.1) is 23.7 Å². The third-order valence-corrected chi connectivity index (χ3v) is 33.3. The van der Waals surface area contributed by atoms with Crippen LogP contribution in [-0.2, 0) is 33.8 Å². The number of hydrogen-bond acceptors (Lipinski definition) is 0. The molecule has 0 spiro atoms. The van der Waals surface area contributed by atoms with Crippen molar-refractivity contribution >= 4 is 18.1 Å². The molecule has 2 aliphatic rings. The van der Waals surface area contributed by atoms with Crippen LogP contribution in [0.2, 0.25) is 13.1 Å². The zero-order valence-corrected chi connectivity index (χ0v) is 36.2. The van der Waals surface area contributed by atoms with Crippen LogP contribution >= 0.6 is 0 Å². The summed E-state index contributed by atoms with van der Waals surface area (Å²) in [6, 6.07) is 33.3. The van der Waals surface area contributed by atoms with Crippen molar-refractivity contribution in [3.8, 4) is 22.3 Å². The van der Waals surface area contributed by atoms with Gasteiger partial charge in [-0.05, 0) is 0 Å². The van der Waals surface area contributed by atoms with Gasteiger partial charge in [-0.25, -0.2) is 0 Å². The molecule has 0 saturated heterocycles. The molecule has 0 fully saturated rings. The van der Waals surface area contributed by atoms with Crippen LogP contribution < -0.4 is 0 Å². The predicted molar refractivity (Wildman–Crippen MR) is 220 cm³/mol. The van der Waals surface area contributed by atoms with E-state index >= 15 is 0 Å². The Bertz CT molecular complexity index is 1740. The maximum atomic E-state index is 2.73. The van der Waals surface area contributed by atoms with Gasteiger partial charge in [0.05, 0.1) is 0 Å². The molecule has 2 heteroatoms. The summed E-state index contributed by atoms with van der Waals surface area (Å²) in [5.74, 6) is 1.45. The summed E-state index contributed by atoms with van der Waals surface area (Å²) in [5.41, 5.74) is 18.8. The van der Waals surface area contributed by atoms with Crippen molar-refractivity contribution < 1.29 is 20.9 Å². The molecule has 4 unspecified atom stereocenters. The summed E-state index contributed by atoms with van der Waals surface area (Å²) < 4.78 is 1.29. The van der Waals surface area contributed by atoms with Gasteiger partial charge in [0, 0.05) is 0 Å². The van der Waals surface area contributed by atoms with Crippen molar-refractivity contribution in [2.75, 3.05) is 0 Å². The zero-order chi connectivity index (χ0) is 35.7. The summed E-state index contributed by atoms with van der Waals surface area (Å²) in [6.07, 6.45) is 10.1. The molecule has 0 radical (unpaired) electrons. The second kappa shape index (κ2) is 16.0. The van der Waals surface area contributed by atoms with Gasteiger partial charge in [-0.2, -0.15) is 0 Å². The van der Waals surface area contributed by atoms with Crippen LogP contribution in [0.3, 0.4) is 0 Å². The summed E-state index contributed by atoms with van der Waals surface area (Å²) in [5, 5.41) is 0. The number of allylic oxidation sites excluding steroid dienone is 2. The van der Waals surface area contributed by atoms with Crippen LogP contribution in [0.1, 0.15) is 109 Å². The van der Waals surface area contributed by atoms with E-state index in [1.165, 1.54) is 46.2 Å². The Morgan fingerprint density at radius 3 is 1.26 bits per heavy atom. The Hall–Kier alpha value is -2.54. The van der Waals surface area contributed by atoms with Crippen molar-refractivity contribution in [3.05, 3.63) is 129 Å². The molecule has 4 atom stereocenters. The second-order valence-electron chi connectivity index (χ2n) is 16.6. The van der Waals surface area contributed by atoms with E-state index in [0.29, 0.717) is 30.9 Å². The van der Waals surface area contributed by atoms with Gasteiger partial charge < -0.3 is 0 Å². The first kappa shape index (κ1) is 37.2. The molecule has 0 N–H and O–H groups in total. The first-order valence-electron chi connectivity index (χ1n) is 19.8. The molecular weight excluding hydrogens is 696 g/mol. The Balaban J connectivity index is 1.55.